The first kappa shape index (κ1) is 8.13. The van der Waals surface area contributed by atoms with Gasteiger partial charge in [-0.25, -0.2) is 0 Å². The van der Waals surface area contributed by atoms with Gasteiger partial charge < -0.3 is 15.8 Å². The molecule has 1 aromatic carbocycles. The predicted octanol–water partition coefficient (Wildman–Crippen LogP) is 1.19. The molecule has 1 aliphatic heterocycles. The lowest BCUT2D eigenvalue weighted by molar-refractivity contribution is 0.362. The number of rotatable bonds is 1. The Morgan fingerprint density at radius 3 is 2.92 bits per heavy atom. The molecule has 0 aliphatic carbocycles. The van der Waals surface area contributed by atoms with E-state index in [4.69, 9.17) is 10.5 Å². The summed E-state index contributed by atoms with van der Waals surface area (Å²) < 4.78 is 5.21. The summed E-state index contributed by atoms with van der Waals surface area (Å²) in [5, 5.41) is 3.03. The van der Waals surface area contributed by atoms with Crippen LogP contribution in [0.3, 0.4) is 0 Å². The molecule has 0 radical (unpaired) electrons. The lowest BCUT2D eigenvalue weighted by Gasteiger charge is -2.23. The molecule has 0 fully saturated rings. The van der Waals surface area contributed by atoms with Crippen LogP contribution in [0.25, 0.3) is 5.76 Å². The van der Waals surface area contributed by atoms with Crippen LogP contribution in [0.1, 0.15) is 17.3 Å². The normalized spacial score (nSPS) is 19.8. The fourth-order valence-electron chi connectivity index (χ4n) is 1.49. The molecule has 13 heavy (non-hydrogen) atoms. The molecule has 0 aromatic heterocycles. The minimum absolute atomic E-state index is 0.130. The Hall–Kier alpha value is -1.48. The van der Waals surface area contributed by atoms with E-state index in [2.05, 4.69) is 5.32 Å². The quantitative estimate of drug-likeness (QED) is 0.675. The van der Waals surface area contributed by atoms with Gasteiger partial charge in [0.15, 0.2) is 0 Å². The van der Waals surface area contributed by atoms with Gasteiger partial charge in [0.05, 0.1) is 7.11 Å². The van der Waals surface area contributed by atoms with E-state index in [-0.39, 0.29) is 6.17 Å². The Kier molecular flexibility index (Phi) is 1.94. The number of nitrogens with one attached hydrogen (secondary N) is 1. The van der Waals surface area contributed by atoms with Gasteiger partial charge in [-0.1, -0.05) is 24.3 Å². The third kappa shape index (κ3) is 1.27. The summed E-state index contributed by atoms with van der Waals surface area (Å²) in [6, 6.07) is 7.95. The monoisotopic (exact) mass is 176 g/mol. The van der Waals surface area contributed by atoms with Crippen molar-refractivity contribution in [1.29, 1.82) is 0 Å². The highest BCUT2D eigenvalue weighted by Gasteiger charge is 2.17. The number of hydrogen-bond donors (Lipinski definition) is 2. The predicted molar refractivity (Wildman–Crippen MR) is 51.5 cm³/mol. The Balaban J connectivity index is 2.52. The van der Waals surface area contributed by atoms with Crippen molar-refractivity contribution in [2.75, 3.05) is 7.11 Å². The molecule has 1 aliphatic rings. The summed E-state index contributed by atoms with van der Waals surface area (Å²) in [4.78, 5) is 0. The van der Waals surface area contributed by atoms with E-state index < -0.39 is 0 Å². The lowest BCUT2D eigenvalue weighted by Crippen LogP contribution is -2.28. The maximum absolute atomic E-state index is 5.85. The van der Waals surface area contributed by atoms with Gasteiger partial charge in [-0.3, -0.25) is 0 Å². The summed E-state index contributed by atoms with van der Waals surface area (Å²) in [6.07, 6.45) is 1.67. The highest BCUT2D eigenvalue weighted by molar-refractivity contribution is 5.65. The highest BCUT2D eigenvalue weighted by Crippen LogP contribution is 2.26. The van der Waals surface area contributed by atoms with Crippen LogP contribution in [0.5, 0.6) is 0 Å². The number of methoxy groups -OCH3 is 1. The maximum atomic E-state index is 5.85. The summed E-state index contributed by atoms with van der Waals surface area (Å²) in [6.45, 7) is 0. The molecule has 0 bridgehead atoms. The van der Waals surface area contributed by atoms with E-state index >= 15 is 0 Å². The second-order valence-electron chi connectivity index (χ2n) is 2.94. The minimum atomic E-state index is -0.130. The maximum Gasteiger partial charge on any atom is 0.142 e. The number of nitrogens with two attached hydrogens (primary N) is 1. The van der Waals surface area contributed by atoms with Crippen molar-refractivity contribution in [3.05, 3.63) is 41.6 Å². The fraction of sp³-hybridized carbons (Fsp3) is 0.200. The molecule has 2 rings (SSSR count). The second kappa shape index (κ2) is 3.11. The average Bonchev–Trinajstić information content (AvgIpc) is 2.19. The number of benzene rings is 1. The van der Waals surface area contributed by atoms with Crippen molar-refractivity contribution < 1.29 is 4.74 Å². The van der Waals surface area contributed by atoms with Crippen molar-refractivity contribution in [3.63, 3.8) is 0 Å². The Morgan fingerprint density at radius 2 is 2.15 bits per heavy atom. The van der Waals surface area contributed by atoms with E-state index in [9.17, 15) is 0 Å². The fourth-order valence-corrected chi connectivity index (χ4v) is 1.49. The molecule has 1 atom stereocenters. The molecule has 0 saturated heterocycles. The zero-order valence-electron chi connectivity index (χ0n) is 7.45. The summed E-state index contributed by atoms with van der Waals surface area (Å²) >= 11 is 0. The summed E-state index contributed by atoms with van der Waals surface area (Å²) in [7, 11) is 1.65. The molecule has 0 saturated carbocycles. The standard InChI is InChI=1S/C10H12N2O/c1-13-9-6-12-10(11)8-5-3-2-4-7(8)9/h2-6,10,12H,11H2,1H3. The molecule has 0 spiro atoms. The summed E-state index contributed by atoms with van der Waals surface area (Å²) in [5.41, 5.74) is 7.99. The Bertz CT molecular complexity index is 347. The molecule has 3 N–H and O–H groups in total. The van der Waals surface area contributed by atoms with Gasteiger partial charge in [0.2, 0.25) is 0 Å². The third-order valence-corrected chi connectivity index (χ3v) is 2.18. The van der Waals surface area contributed by atoms with Crippen LogP contribution in [0.4, 0.5) is 0 Å². The van der Waals surface area contributed by atoms with E-state index in [0.717, 1.165) is 16.9 Å². The Morgan fingerprint density at radius 1 is 1.38 bits per heavy atom. The van der Waals surface area contributed by atoms with Crippen molar-refractivity contribution in [2.24, 2.45) is 5.73 Å². The molecule has 0 amide bonds. The van der Waals surface area contributed by atoms with Crippen molar-refractivity contribution >= 4 is 5.76 Å². The van der Waals surface area contributed by atoms with Crippen LogP contribution in [0, 0.1) is 0 Å². The lowest BCUT2D eigenvalue weighted by atomic mass is 10.0. The van der Waals surface area contributed by atoms with Gasteiger partial charge in [0.1, 0.15) is 11.9 Å². The van der Waals surface area contributed by atoms with E-state index in [1.807, 2.05) is 24.3 Å². The molecule has 1 unspecified atom stereocenters. The Labute approximate surface area is 77.2 Å². The SMILES string of the molecule is COC1=CNC(N)c2ccccc21. The van der Waals surface area contributed by atoms with Gasteiger partial charge in [0, 0.05) is 11.8 Å². The molecule has 68 valence electrons. The van der Waals surface area contributed by atoms with Crippen molar-refractivity contribution in [2.45, 2.75) is 6.17 Å². The molecule has 1 heterocycles. The average molecular weight is 176 g/mol. The molecular formula is C10H12N2O. The van der Waals surface area contributed by atoms with E-state index in [1.54, 1.807) is 13.3 Å². The smallest absolute Gasteiger partial charge is 0.142 e. The first-order chi connectivity index (χ1) is 6.33. The van der Waals surface area contributed by atoms with Gasteiger partial charge in [0.25, 0.3) is 0 Å². The van der Waals surface area contributed by atoms with E-state index in [1.165, 1.54) is 0 Å². The van der Waals surface area contributed by atoms with Crippen LogP contribution >= 0.6 is 0 Å². The third-order valence-electron chi connectivity index (χ3n) is 2.18. The van der Waals surface area contributed by atoms with Gasteiger partial charge in [-0.15, -0.1) is 0 Å². The van der Waals surface area contributed by atoms with Crippen LogP contribution in [-0.4, -0.2) is 7.11 Å². The van der Waals surface area contributed by atoms with Gasteiger partial charge in [-0.2, -0.15) is 0 Å². The first-order valence-corrected chi connectivity index (χ1v) is 4.18. The summed E-state index contributed by atoms with van der Waals surface area (Å²) in [5.74, 6) is 0.831. The molecule has 1 aromatic rings. The number of ether oxygens (including phenoxy) is 1. The highest BCUT2D eigenvalue weighted by atomic mass is 16.5. The zero-order valence-corrected chi connectivity index (χ0v) is 7.45. The van der Waals surface area contributed by atoms with Crippen LogP contribution in [0.15, 0.2) is 30.5 Å². The van der Waals surface area contributed by atoms with Crippen molar-refractivity contribution in [3.8, 4) is 0 Å². The van der Waals surface area contributed by atoms with Crippen molar-refractivity contribution in [1.82, 2.24) is 5.32 Å². The molecular weight excluding hydrogens is 164 g/mol. The van der Waals surface area contributed by atoms with Gasteiger partial charge >= 0.3 is 0 Å². The second-order valence-corrected chi connectivity index (χ2v) is 2.94. The van der Waals surface area contributed by atoms with Crippen LogP contribution in [-0.2, 0) is 4.74 Å². The molecule has 3 nitrogen and oxygen atoms in total. The minimum Gasteiger partial charge on any atom is -0.495 e. The number of fused-ring (bicyclic) bond motifs is 1. The van der Waals surface area contributed by atoms with Crippen LogP contribution < -0.4 is 11.1 Å². The van der Waals surface area contributed by atoms with Crippen LogP contribution in [0.2, 0.25) is 0 Å². The molecule has 3 heteroatoms. The van der Waals surface area contributed by atoms with E-state index in [0.29, 0.717) is 0 Å². The largest absolute Gasteiger partial charge is 0.495 e. The first-order valence-electron chi connectivity index (χ1n) is 4.18. The zero-order chi connectivity index (χ0) is 9.26. The topological polar surface area (TPSA) is 47.3 Å². The van der Waals surface area contributed by atoms with Gasteiger partial charge in [-0.05, 0) is 5.56 Å². The number of hydrogen-bond acceptors (Lipinski definition) is 3.